The van der Waals surface area contributed by atoms with Gasteiger partial charge < -0.3 is 15.2 Å². The molecule has 12 heavy (non-hydrogen) atoms. The third-order valence-electron chi connectivity index (χ3n) is 1.36. The van der Waals surface area contributed by atoms with Crippen molar-refractivity contribution in [1.29, 1.82) is 5.41 Å². The number of nitrogens with one attached hydrogen (secondary N) is 1. The Bertz CT molecular complexity index is 238. The van der Waals surface area contributed by atoms with Crippen LogP contribution in [-0.4, -0.2) is 30.5 Å². The Morgan fingerprint density at radius 3 is 2.83 bits per heavy atom. The Labute approximate surface area is 68.1 Å². The van der Waals surface area contributed by atoms with E-state index in [2.05, 4.69) is 9.47 Å². The van der Waals surface area contributed by atoms with Gasteiger partial charge in [0.2, 0.25) is 11.9 Å². The smallest absolute Gasteiger partial charge is 0.374 e. The molecule has 1 atom stereocenters. The van der Waals surface area contributed by atoms with E-state index >= 15 is 0 Å². The average Bonchev–Trinajstić information content (AvgIpc) is 2.36. The van der Waals surface area contributed by atoms with Gasteiger partial charge in [-0.3, -0.25) is 5.41 Å². The van der Waals surface area contributed by atoms with Crippen LogP contribution in [-0.2, 0) is 19.1 Å². The number of amidine groups is 1. The summed E-state index contributed by atoms with van der Waals surface area (Å²) in [6.45, 7) is 0.245. The molecule has 66 valence electrons. The van der Waals surface area contributed by atoms with Crippen molar-refractivity contribution in [1.82, 2.24) is 0 Å². The van der Waals surface area contributed by atoms with Crippen LogP contribution in [0.4, 0.5) is 0 Å². The molecule has 1 saturated heterocycles. The summed E-state index contributed by atoms with van der Waals surface area (Å²) >= 11 is 0. The molecule has 0 saturated carbocycles. The van der Waals surface area contributed by atoms with Gasteiger partial charge in [0.25, 0.3) is 0 Å². The summed E-state index contributed by atoms with van der Waals surface area (Å²) in [5.74, 6) is -2.28. The lowest BCUT2D eigenvalue weighted by atomic mass is 10.3. The first kappa shape index (κ1) is 8.51. The molecule has 0 amide bonds. The molecule has 0 aromatic carbocycles. The highest BCUT2D eigenvalue weighted by Crippen LogP contribution is 2.09. The van der Waals surface area contributed by atoms with Crippen LogP contribution in [0.15, 0.2) is 0 Å². The molecule has 0 radical (unpaired) electrons. The number of esters is 2. The maximum absolute atomic E-state index is 10.7. The third kappa shape index (κ3) is 1.71. The largest absolute Gasteiger partial charge is 0.463 e. The molecule has 0 bridgehead atoms. The van der Waals surface area contributed by atoms with Crippen molar-refractivity contribution in [3.8, 4) is 0 Å². The van der Waals surface area contributed by atoms with Crippen LogP contribution in [0.3, 0.4) is 0 Å². The standard InChI is InChI=1S/C6H8N2O4/c7-4(8)6(10)12-3-1-2-11-5(3)9/h3H,1-2H2,(H3,7,8). The molecule has 1 heterocycles. The second-order valence-electron chi connectivity index (χ2n) is 2.26. The lowest BCUT2D eigenvalue weighted by Gasteiger charge is -2.05. The van der Waals surface area contributed by atoms with Gasteiger partial charge in [-0.25, -0.2) is 9.59 Å². The quantitative estimate of drug-likeness (QED) is 0.293. The van der Waals surface area contributed by atoms with E-state index < -0.39 is 23.9 Å². The highest BCUT2D eigenvalue weighted by Gasteiger charge is 2.30. The summed E-state index contributed by atoms with van der Waals surface area (Å²) < 4.78 is 9.04. The van der Waals surface area contributed by atoms with Crippen LogP contribution in [0.2, 0.25) is 0 Å². The summed E-state index contributed by atoms with van der Waals surface area (Å²) in [6.07, 6.45) is -0.556. The highest BCUT2D eigenvalue weighted by molar-refractivity contribution is 6.33. The average molecular weight is 172 g/mol. The van der Waals surface area contributed by atoms with Gasteiger partial charge in [0.15, 0.2) is 0 Å². The van der Waals surface area contributed by atoms with Crippen molar-refractivity contribution < 1.29 is 19.1 Å². The van der Waals surface area contributed by atoms with Crippen LogP contribution >= 0.6 is 0 Å². The van der Waals surface area contributed by atoms with E-state index in [-0.39, 0.29) is 6.61 Å². The number of nitrogens with two attached hydrogens (primary N) is 1. The van der Waals surface area contributed by atoms with Crippen LogP contribution in [0.5, 0.6) is 0 Å². The van der Waals surface area contributed by atoms with Crippen LogP contribution in [0.25, 0.3) is 0 Å². The second kappa shape index (κ2) is 3.21. The zero-order valence-electron chi connectivity index (χ0n) is 6.20. The van der Waals surface area contributed by atoms with Gasteiger partial charge in [-0.1, -0.05) is 0 Å². The number of carbonyl (C=O) groups excluding carboxylic acids is 2. The van der Waals surface area contributed by atoms with Gasteiger partial charge in [0.05, 0.1) is 6.61 Å². The molecule has 6 nitrogen and oxygen atoms in total. The van der Waals surface area contributed by atoms with Gasteiger partial charge in [-0.05, 0) is 0 Å². The van der Waals surface area contributed by atoms with E-state index in [1.54, 1.807) is 0 Å². The molecule has 3 N–H and O–H groups in total. The number of hydrogen-bond acceptors (Lipinski definition) is 5. The fourth-order valence-corrected chi connectivity index (χ4v) is 0.777. The van der Waals surface area contributed by atoms with Crippen LogP contribution < -0.4 is 5.73 Å². The molecule has 1 fully saturated rings. The Balaban J connectivity index is 2.46. The van der Waals surface area contributed by atoms with Gasteiger partial charge in [-0.15, -0.1) is 0 Å². The second-order valence-corrected chi connectivity index (χ2v) is 2.26. The van der Waals surface area contributed by atoms with Gasteiger partial charge in [0, 0.05) is 6.42 Å². The van der Waals surface area contributed by atoms with Crippen molar-refractivity contribution >= 4 is 17.8 Å². The molecule has 6 heteroatoms. The lowest BCUT2D eigenvalue weighted by Crippen LogP contribution is -2.31. The van der Waals surface area contributed by atoms with E-state index in [1.165, 1.54) is 0 Å². The number of cyclic esters (lactones) is 1. The maximum Gasteiger partial charge on any atom is 0.374 e. The minimum absolute atomic E-state index is 0.245. The topological polar surface area (TPSA) is 102 Å². The number of ether oxygens (including phenoxy) is 2. The van der Waals surface area contributed by atoms with E-state index in [0.717, 1.165) is 0 Å². The lowest BCUT2D eigenvalue weighted by molar-refractivity contribution is -0.155. The Kier molecular flexibility index (Phi) is 2.27. The Hall–Kier alpha value is -1.59. The van der Waals surface area contributed by atoms with Gasteiger partial charge in [-0.2, -0.15) is 0 Å². The molecule has 1 aliphatic heterocycles. The predicted molar refractivity (Wildman–Crippen MR) is 37.4 cm³/mol. The summed E-state index contributed by atoms with van der Waals surface area (Å²) in [4.78, 5) is 21.4. The normalized spacial score (nSPS) is 21.7. The van der Waals surface area contributed by atoms with E-state index in [1.807, 2.05) is 0 Å². The van der Waals surface area contributed by atoms with Gasteiger partial charge >= 0.3 is 11.9 Å². The van der Waals surface area contributed by atoms with Crippen LogP contribution in [0.1, 0.15) is 6.42 Å². The summed E-state index contributed by atoms with van der Waals surface area (Å²) in [5, 5.41) is 6.68. The van der Waals surface area contributed by atoms with Crippen molar-refractivity contribution in [2.75, 3.05) is 6.61 Å². The summed E-state index contributed by atoms with van der Waals surface area (Å²) in [7, 11) is 0. The SMILES string of the molecule is N=C(N)C(=O)OC1CCOC1=O. The minimum Gasteiger partial charge on any atom is -0.463 e. The molecule has 0 aliphatic carbocycles. The molecule has 0 spiro atoms. The molecule has 1 unspecified atom stereocenters. The molecule has 0 aromatic heterocycles. The fourth-order valence-electron chi connectivity index (χ4n) is 0.777. The fraction of sp³-hybridized carbons (Fsp3) is 0.500. The first-order chi connectivity index (χ1) is 5.61. The Morgan fingerprint density at radius 1 is 1.75 bits per heavy atom. The summed E-state index contributed by atoms with van der Waals surface area (Å²) in [6, 6.07) is 0. The zero-order chi connectivity index (χ0) is 9.14. The van der Waals surface area contributed by atoms with Crippen molar-refractivity contribution in [3.63, 3.8) is 0 Å². The van der Waals surface area contributed by atoms with Crippen molar-refractivity contribution in [3.05, 3.63) is 0 Å². The zero-order valence-corrected chi connectivity index (χ0v) is 6.20. The Morgan fingerprint density at radius 2 is 2.42 bits per heavy atom. The van der Waals surface area contributed by atoms with Crippen LogP contribution in [0, 0.1) is 5.41 Å². The maximum atomic E-state index is 10.7. The van der Waals surface area contributed by atoms with Crippen molar-refractivity contribution in [2.24, 2.45) is 5.73 Å². The predicted octanol–water partition coefficient (Wildman–Crippen LogP) is -1.22. The number of rotatable bonds is 1. The monoisotopic (exact) mass is 172 g/mol. The number of hydrogen-bond donors (Lipinski definition) is 2. The van der Waals surface area contributed by atoms with E-state index in [9.17, 15) is 9.59 Å². The number of carbonyl (C=O) groups is 2. The highest BCUT2D eigenvalue weighted by atomic mass is 16.6. The molecular formula is C6H8N2O4. The minimum atomic E-state index is -0.987. The van der Waals surface area contributed by atoms with E-state index in [4.69, 9.17) is 11.1 Å². The third-order valence-corrected chi connectivity index (χ3v) is 1.36. The van der Waals surface area contributed by atoms with Crippen molar-refractivity contribution in [2.45, 2.75) is 12.5 Å². The van der Waals surface area contributed by atoms with E-state index in [0.29, 0.717) is 6.42 Å². The molecule has 1 rings (SSSR count). The molecule has 1 aliphatic rings. The molecule has 0 aromatic rings. The first-order valence-electron chi connectivity index (χ1n) is 3.33. The molecular weight excluding hydrogens is 164 g/mol. The van der Waals surface area contributed by atoms with Gasteiger partial charge in [0.1, 0.15) is 0 Å². The summed E-state index contributed by atoms with van der Waals surface area (Å²) in [5.41, 5.74) is 4.82. The first-order valence-corrected chi connectivity index (χ1v) is 3.33.